The lowest BCUT2D eigenvalue weighted by molar-refractivity contribution is 1.00. The second kappa shape index (κ2) is 5.61. The van der Waals surface area contributed by atoms with Crippen molar-refractivity contribution in [2.45, 2.75) is 33.1 Å². The SMILES string of the molecule is C=CCC/C=C(/C)CC. The number of unbranched alkanes of at least 4 members (excludes halogenated alkanes) is 1. The van der Waals surface area contributed by atoms with Crippen LogP contribution >= 0.6 is 0 Å². The molecule has 0 aliphatic carbocycles. The van der Waals surface area contributed by atoms with Gasteiger partial charge in [0.05, 0.1) is 0 Å². The summed E-state index contributed by atoms with van der Waals surface area (Å²) in [5.41, 5.74) is 1.48. The highest BCUT2D eigenvalue weighted by atomic mass is 13.9. The van der Waals surface area contributed by atoms with Gasteiger partial charge in [-0.2, -0.15) is 0 Å². The minimum atomic E-state index is 1.11. The summed E-state index contributed by atoms with van der Waals surface area (Å²) in [5, 5.41) is 0. The van der Waals surface area contributed by atoms with Crippen LogP contribution in [0, 0.1) is 0 Å². The molecule has 0 rings (SSSR count). The van der Waals surface area contributed by atoms with Gasteiger partial charge in [0, 0.05) is 0 Å². The first-order chi connectivity index (χ1) is 4.31. The van der Waals surface area contributed by atoms with Crippen LogP contribution in [-0.2, 0) is 0 Å². The molecule has 0 saturated carbocycles. The maximum atomic E-state index is 3.65. The van der Waals surface area contributed by atoms with Crippen molar-refractivity contribution in [1.29, 1.82) is 0 Å². The van der Waals surface area contributed by atoms with E-state index < -0.39 is 0 Å². The summed E-state index contributed by atoms with van der Waals surface area (Å²) < 4.78 is 0. The molecule has 0 heteroatoms. The van der Waals surface area contributed by atoms with Crippen molar-refractivity contribution in [3.05, 3.63) is 24.3 Å². The number of allylic oxidation sites excluding steroid dienone is 3. The zero-order valence-corrected chi connectivity index (χ0v) is 6.48. The first-order valence-electron chi connectivity index (χ1n) is 3.57. The Balaban J connectivity index is 3.31. The Morgan fingerprint density at radius 3 is 2.56 bits per heavy atom. The fraction of sp³-hybridized carbons (Fsp3) is 0.556. The number of hydrogen-bond donors (Lipinski definition) is 0. The summed E-state index contributed by atoms with van der Waals surface area (Å²) >= 11 is 0. The maximum Gasteiger partial charge on any atom is -0.0314 e. The summed E-state index contributed by atoms with van der Waals surface area (Å²) in [7, 11) is 0. The molecule has 0 heterocycles. The Hall–Kier alpha value is -0.520. The van der Waals surface area contributed by atoms with Crippen molar-refractivity contribution < 1.29 is 0 Å². The molecular formula is C9H16. The first-order valence-corrected chi connectivity index (χ1v) is 3.57. The van der Waals surface area contributed by atoms with Gasteiger partial charge in [-0.05, 0) is 26.2 Å². The summed E-state index contributed by atoms with van der Waals surface area (Å²) in [5.74, 6) is 0. The molecule has 0 aliphatic heterocycles. The molecule has 0 aromatic carbocycles. The molecule has 0 aromatic rings. The van der Waals surface area contributed by atoms with E-state index in [-0.39, 0.29) is 0 Å². The average molecular weight is 124 g/mol. The molecule has 0 aromatic heterocycles. The van der Waals surface area contributed by atoms with Crippen LogP contribution in [0.25, 0.3) is 0 Å². The van der Waals surface area contributed by atoms with Crippen LogP contribution in [0.3, 0.4) is 0 Å². The third-order valence-electron chi connectivity index (χ3n) is 1.42. The normalized spacial score (nSPS) is 11.6. The van der Waals surface area contributed by atoms with Crippen LogP contribution in [0.5, 0.6) is 0 Å². The molecular weight excluding hydrogens is 108 g/mol. The fourth-order valence-electron chi connectivity index (χ4n) is 0.592. The standard InChI is InChI=1S/C9H16/c1-4-6-7-8-9(3)5-2/h4,8H,1,5-7H2,2-3H3/b9-8-. The van der Waals surface area contributed by atoms with E-state index in [2.05, 4.69) is 26.5 Å². The first kappa shape index (κ1) is 8.48. The van der Waals surface area contributed by atoms with E-state index in [1.54, 1.807) is 0 Å². The zero-order valence-electron chi connectivity index (χ0n) is 6.48. The van der Waals surface area contributed by atoms with Gasteiger partial charge in [0.25, 0.3) is 0 Å². The average Bonchev–Trinajstić information content (AvgIpc) is 1.89. The molecule has 0 saturated heterocycles. The summed E-state index contributed by atoms with van der Waals surface area (Å²) in [4.78, 5) is 0. The molecule has 0 N–H and O–H groups in total. The van der Waals surface area contributed by atoms with Crippen LogP contribution in [0.2, 0.25) is 0 Å². The quantitative estimate of drug-likeness (QED) is 0.398. The molecule has 0 atom stereocenters. The summed E-state index contributed by atoms with van der Waals surface area (Å²) in [6, 6.07) is 0. The van der Waals surface area contributed by atoms with E-state index >= 15 is 0 Å². The monoisotopic (exact) mass is 124 g/mol. The van der Waals surface area contributed by atoms with E-state index in [9.17, 15) is 0 Å². The minimum Gasteiger partial charge on any atom is -0.103 e. The lowest BCUT2D eigenvalue weighted by Gasteiger charge is -1.91. The van der Waals surface area contributed by atoms with Crippen molar-refractivity contribution in [2.24, 2.45) is 0 Å². The van der Waals surface area contributed by atoms with E-state index in [1.165, 1.54) is 12.0 Å². The van der Waals surface area contributed by atoms with Crippen LogP contribution in [0.4, 0.5) is 0 Å². The molecule has 0 unspecified atom stereocenters. The Morgan fingerprint density at radius 2 is 2.11 bits per heavy atom. The molecule has 0 amide bonds. The van der Waals surface area contributed by atoms with E-state index in [0.717, 1.165) is 12.8 Å². The van der Waals surface area contributed by atoms with Gasteiger partial charge in [-0.3, -0.25) is 0 Å². The van der Waals surface area contributed by atoms with Crippen molar-refractivity contribution in [2.75, 3.05) is 0 Å². The van der Waals surface area contributed by atoms with Crippen molar-refractivity contribution in [1.82, 2.24) is 0 Å². The van der Waals surface area contributed by atoms with E-state index in [0.29, 0.717) is 0 Å². The maximum absolute atomic E-state index is 3.65. The lowest BCUT2D eigenvalue weighted by Crippen LogP contribution is -1.71. The predicted octanol–water partition coefficient (Wildman–Crippen LogP) is 3.31. The van der Waals surface area contributed by atoms with Gasteiger partial charge in [-0.25, -0.2) is 0 Å². The molecule has 0 nitrogen and oxygen atoms in total. The molecule has 0 fully saturated rings. The topological polar surface area (TPSA) is 0 Å². The molecule has 0 spiro atoms. The highest BCUT2D eigenvalue weighted by Gasteiger charge is 1.80. The van der Waals surface area contributed by atoms with E-state index in [1.807, 2.05) is 6.08 Å². The highest BCUT2D eigenvalue weighted by molar-refractivity contribution is 4.97. The highest BCUT2D eigenvalue weighted by Crippen LogP contribution is 2.01. The van der Waals surface area contributed by atoms with Gasteiger partial charge in [-0.1, -0.05) is 24.6 Å². The summed E-state index contributed by atoms with van der Waals surface area (Å²) in [6.07, 6.45) is 7.68. The third-order valence-corrected chi connectivity index (χ3v) is 1.42. The smallest absolute Gasteiger partial charge is 0.0314 e. The van der Waals surface area contributed by atoms with Crippen LogP contribution < -0.4 is 0 Å². The van der Waals surface area contributed by atoms with Gasteiger partial charge < -0.3 is 0 Å². The van der Waals surface area contributed by atoms with Gasteiger partial charge in [0.15, 0.2) is 0 Å². The van der Waals surface area contributed by atoms with Crippen molar-refractivity contribution in [3.63, 3.8) is 0 Å². The Bertz CT molecular complexity index is 98.6. The second-order valence-electron chi connectivity index (χ2n) is 2.27. The Morgan fingerprint density at radius 1 is 1.44 bits per heavy atom. The number of hydrogen-bond acceptors (Lipinski definition) is 0. The molecule has 0 aliphatic rings. The molecule has 52 valence electrons. The van der Waals surface area contributed by atoms with Gasteiger partial charge in [-0.15, -0.1) is 6.58 Å². The zero-order chi connectivity index (χ0) is 7.11. The molecule has 0 bridgehead atoms. The van der Waals surface area contributed by atoms with Crippen molar-refractivity contribution >= 4 is 0 Å². The lowest BCUT2D eigenvalue weighted by atomic mass is 10.2. The molecule has 0 radical (unpaired) electrons. The summed E-state index contributed by atoms with van der Waals surface area (Å²) in [6.45, 7) is 8.00. The Kier molecular flexibility index (Phi) is 5.29. The van der Waals surface area contributed by atoms with Crippen LogP contribution in [-0.4, -0.2) is 0 Å². The largest absolute Gasteiger partial charge is 0.103 e. The van der Waals surface area contributed by atoms with Crippen molar-refractivity contribution in [3.8, 4) is 0 Å². The van der Waals surface area contributed by atoms with Crippen LogP contribution in [0.1, 0.15) is 33.1 Å². The van der Waals surface area contributed by atoms with Crippen LogP contribution in [0.15, 0.2) is 24.3 Å². The fourth-order valence-corrected chi connectivity index (χ4v) is 0.592. The minimum absolute atomic E-state index is 1.11. The Labute approximate surface area is 58.3 Å². The van der Waals surface area contributed by atoms with E-state index in [4.69, 9.17) is 0 Å². The number of rotatable bonds is 4. The predicted molar refractivity (Wildman–Crippen MR) is 43.5 cm³/mol. The van der Waals surface area contributed by atoms with Gasteiger partial charge in [0.1, 0.15) is 0 Å². The van der Waals surface area contributed by atoms with Gasteiger partial charge >= 0.3 is 0 Å². The molecule has 9 heavy (non-hydrogen) atoms. The second-order valence-corrected chi connectivity index (χ2v) is 2.27. The third kappa shape index (κ3) is 5.35. The van der Waals surface area contributed by atoms with Gasteiger partial charge in [0.2, 0.25) is 0 Å².